The Labute approximate surface area is 99.5 Å². The molecule has 1 aromatic heterocycles. The number of carboxylic acids is 1. The molecule has 0 aromatic carbocycles. The number of carboxylic acid groups (broad SMARTS) is 1. The van der Waals surface area contributed by atoms with Crippen molar-refractivity contribution < 1.29 is 18.3 Å². The first-order chi connectivity index (χ1) is 7.86. The minimum absolute atomic E-state index is 0.0813. The summed E-state index contributed by atoms with van der Waals surface area (Å²) in [5.74, 6) is -0.450. The van der Waals surface area contributed by atoms with E-state index in [-0.39, 0.29) is 18.0 Å². The van der Waals surface area contributed by atoms with E-state index in [1.165, 1.54) is 6.20 Å². The van der Waals surface area contributed by atoms with Gasteiger partial charge in [0, 0.05) is 19.3 Å². The molecule has 0 bridgehead atoms. The fourth-order valence-corrected chi connectivity index (χ4v) is 2.33. The SMILES string of the molecule is CCn1cc(S(=O)(=O)NCCC(=O)O)nc1C. The molecular formula is C9H15N3O4S. The van der Waals surface area contributed by atoms with E-state index < -0.39 is 16.0 Å². The molecule has 1 aromatic rings. The first-order valence-corrected chi connectivity index (χ1v) is 6.60. The zero-order valence-electron chi connectivity index (χ0n) is 9.67. The Morgan fingerprint density at radius 1 is 1.59 bits per heavy atom. The summed E-state index contributed by atoms with van der Waals surface area (Å²) in [6, 6.07) is 0. The largest absolute Gasteiger partial charge is 0.481 e. The van der Waals surface area contributed by atoms with Crippen LogP contribution in [0.2, 0.25) is 0 Å². The molecule has 0 aliphatic carbocycles. The molecular weight excluding hydrogens is 246 g/mol. The number of aliphatic carboxylic acids is 1. The Balaban J connectivity index is 2.79. The average Bonchev–Trinajstić information content (AvgIpc) is 2.59. The van der Waals surface area contributed by atoms with Crippen LogP contribution in [0.25, 0.3) is 0 Å². The van der Waals surface area contributed by atoms with Gasteiger partial charge in [0.1, 0.15) is 5.82 Å². The van der Waals surface area contributed by atoms with Crippen molar-refractivity contribution in [3.8, 4) is 0 Å². The summed E-state index contributed by atoms with van der Waals surface area (Å²) >= 11 is 0. The van der Waals surface area contributed by atoms with Crippen LogP contribution in [0.1, 0.15) is 19.2 Å². The Hall–Kier alpha value is -1.41. The zero-order valence-corrected chi connectivity index (χ0v) is 10.5. The number of aromatic nitrogens is 2. The molecule has 2 N–H and O–H groups in total. The molecule has 0 aliphatic heterocycles. The normalized spacial score (nSPS) is 11.6. The average molecular weight is 261 g/mol. The molecule has 0 radical (unpaired) electrons. The van der Waals surface area contributed by atoms with E-state index in [2.05, 4.69) is 9.71 Å². The minimum atomic E-state index is -3.71. The van der Waals surface area contributed by atoms with Gasteiger partial charge in [-0.1, -0.05) is 0 Å². The second kappa shape index (κ2) is 5.28. The molecule has 0 spiro atoms. The van der Waals surface area contributed by atoms with Gasteiger partial charge in [-0.2, -0.15) is 0 Å². The molecule has 0 aliphatic rings. The van der Waals surface area contributed by atoms with E-state index in [4.69, 9.17) is 5.11 Å². The molecule has 0 saturated heterocycles. The number of nitrogens with zero attached hydrogens (tertiary/aromatic N) is 2. The van der Waals surface area contributed by atoms with E-state index in [0.29, 0.717) is 12.4 Å². The van der Waals surface area contributed by atoms with Gasteiger partial charge in [0.25, 0.3) is 10.0 Å². The van der Waals surface area contributed by atoms with Crippen molar-refractivity contribution in [1.82, 2.24) is 14.3 Å². The van der Waals surface area contributed by atoms with Gasteiger partial charge in [-0.05, 0) is 13.8 Å². The molecule has 1 rings (SSSR count). The number of hydrogen-bond acceptors (Lipinski definition) is 4. The van der Waals surface area contributed by atoms with Crippen LogP contribution in [0.15, 0.2) is 11.2 Å². The van der Waals surface area contributed by atoms with Crippen molar-refractivity contribution in [2.75, 3.05) is 6.54 Å². The van der Waals surface area contributed by atoms with Gasteiger partial charge in [0.05, 0.1) is 6.42 Å². The van der Waals surface area contributed by atoms with Crippen LogP contribution >= 0.6 is 0 Å². The molecule has 0 amide bonds. The minimum Gasteiger partial charge on any atom is -0.481 e. The maximum Gasteiger partial charge on any atom is 0.304 e. The third-order valence-corrected chi connectivity index (χ3v) is 3.53. The van der Waals surface area contributed by atoms with Crippen molar-refractivity contribution in [3.63, 3.8) is 0 Å². The summed E-state index contributed by atoms with van der Waals surface area (Å²) in [4.78, 5) is 14.2. The van der Waals surface area contributed by atoms with Gasteiger partial charge < -0.3 is 9.67 Å². The fourth-order valence-electron chi connectivity index (χ4n) is 1.30. The number of carbonyl (C=O) groups is 1. The van der Waals surface area contributed by atoms with E-state index in [0.717, 1.165) is 0 Å². The second-order valence-electron chi connectivity index (χ2n) is 3.45. The number of sulfonamides is 1. The van der Waals surface area contributed by atoms with Gasteiger partial charge in [-0.25, -0.2) is 18.1 Å². The van der Waals surface area contributed by atoms with Crippen molar-refractivity contribution in [3.05, 3.63) is 12.0 Å². The quantitative estimate of drug-likeness (QED) is 0.748. The van der Waals surface area contributed by atoms with Crippen molar-refractivity contribution >= 4 is 16.0 Å². The summed E-state index contributed by atoms with van der Waals surface area (Å²) in [7, 11) is -3.71. The summed E-state index contributed by atoms with van der Waals surface area (Å²) in [6.07, 6.45) is 1.17. The van der Waals surface area contributed by atoms with E-state index in [9.17, 15) is 13.2 Å². The molecule has 8 heteroatoms. The lowest BCUT2D eigenvalue weighted by Gasteiger charge is -2.01. The highest BCUT2D eigenvalue weighted by Gasteiger charge is 2.18. The summed E-state index contributed by atoms with van der Waals surface area (Å²) < 4.78 is 27.3. The third kappa shape index (κ3) is 3.53. The molecule has 17 heavy (non-hydrogen) atoms. The summed E-state index contributed by atoms with van der Waals surface area (Å²) in [5.41, 5.74) is 0. The molecule has 96 valence electrons. The number of hydrogen-bond donors (Lipinski definition) is 2. The van der Waals surface area contributed by atoms with Crippen molar-refractivity contribution in [2.45, 2.75) is 31.8 Å². The zero-order chi connectivity index (χ0) is 13.1. The van der Waals surface area contributed by atoms with Gasteiger partial charge in [0.2, 0.25) is 0 Å². The molecule has 7 nitrogen and oxygen atoms in total. The Bertz CT molecular complexity index is 506. The molecule has 1 heterocycles. The lowest BCUT2D eigenvalue weighted by atomic mass is 10.5. The van der Waals surface area contributed by atoms with Gasteiger partial charge in [0.15, 0.2) is 5.03 Å². The lowest BCUT2D eigenvalue weighted by molar-refractivity contribution is -0.136. The Kier molecular flexibility index (Phi) is 4.24. The van der Waals surface area contributed by atoms with Crippen LogP contribution < -0.4 is 4.72 Å². The Morgan fingerprint density at radius 2 is 2.24 bits per heavy atom. The standard InChI is InChI=1S/C9H15N3O4S/c1-3-12-6-8(11-7(12)2)17(15,16)10-5-4-9(13)14/h6,10H,3-5H2,1-2H3,(H,13,14). The highest BCUT2D eigenvalue weighted by atomic mass is 32.2. The smallest absolute Gasteiger partial charge is 0.304 e. The van der Waals surface area contributed by atoms with E-state index in [1.807, 2.05) is 6.92 Å². The molecule has 0 fully saturated rings. The highest BCUT2D eigenvalue weighted by Crippen LogP contribution is 2.08. The molecule has 0 unspecified atom stereocenters. The second-order valence-corrected chi connectivity index (χ2v) is 5.17. The topological polar surface area (TPSA) is 101 Å². The summed E-state index contributed by atoms with van der Waals surface area (Å²) in [5, 5.41) is 8.33. The van der Waals surface area contributed by atoms with Crippen LogP contribution in [-0.4, -0.2) is 35.6 Å². The van der Waals surface area contributed by atoms with Crippen LogP contribution in [-0.2, 0) is 21.4 Å². The molecule has 0 saturated carbocycles. The maximum atomic E-state index is 11.7. The number of nitrogens with one attached hydrogen (secondary N) is 1. The number of imidazole rings is 1. The third-order valence-electron chi connectivity index (χ3n) is 2.20. The highest BCUT2D eigenvalue weighted by molar-refractivity contribution is 7.89. The van der Waals surface area contributed by atoms with Crippen LogP contribution in [0.3, 0.4) is 0 Å². The van der Waals surface area contributed by atoms with Crippen molar-refractivity contribution in [2.24, 2.45) is 0 Å². The predicted octanol–water partition coefficient (Wildman–Crippen LogP) is -0.0356. The van der Waals surface area contributed by atoms with Crippen LogP contribution in [0, 0.1) is 6.92 Å². The van der Waals surface area contributed by atoms with Crippen molar-refractivity contribution in [1.29, 1.82) is 0 Å². The van der Waals surface area contributed by atoms with Gasteiger partial charge in [-0.15, -0.1) is 0 Å². The van der Waals surface area contributed by atoms with Crippen LogP contribution in [0.5, 0.6) is 0 Å². The monoisotopic (exact) mass is 261 g/mol. The predicted molar refractivity (Wildman–Crippen MR) is 60.1 cm³/mol. The van der Waals surface area contributed by atoms with E-state index in [1.54, 1.807) is 11.5 Å². The number of rotatable bonds is 6. The summed E-state index contributed by atoms with van der Waals surface area (Å²) in [6.45, 7) is 4.07. The van der Waals surface area contributed by atoms with Gasteiger partial charge in [-0.3, -0.25) is 4.79 Å². The lowest BCUT2D eigenvalue weighted by Crippen LogP contribution is -2.26. The van der Waals surface area contributed by atoms with Crippen LogP contribution in [0.4, 0.5) is 0 Å². The Morgan fingerprint density at radius 3 is 2.71 bits per heavy atom. The van der Waals surface area contributed by atoms with E-state index >= 15 is 0 Å². The fraction of sp³-hybridized carbons (Fsp3) is 0.556. The maximum absolute atomic E-state index is 11.7. The molecule has 0 atom stereocenters. The number of aryl methyl sites for hydroxylation is 2. The first kappa shape index (κ1) is 13.7. The first-order valence-electron chi connectivity index (χ1n) is 5.12. The van der Waals surface area contributed by atoms with Gasteiger partial charge >= 0.3 is 5.97 Å².